The first-order valence-electron chi connectivity index (χ1n) is 6.78. The number of hydrogen-bond donors (Lipinski definition) is 1. The highest BCUT2D eigenvalue weighted by atomic mass is 35.5. The number of halogens is 2. The maximum absolute atomic E-state index is 12.0. The molecule has 3 rings (SSSR count). The van der Waals surface area contributed by atoms with E-state index in [1.54, 1.807) is 6.92 Å². The summed E-state index contributed by atoms with van der Waals surface area (Å²) in [4.78, 5) is 21.4. The Morgan fingerprint density at radius 2 is 2.05 bits per heavy atom. The third-order valence-electron chi connectivity index (χ3n) is 3.71. The third-order valence-corrected chi connectivity index (χ3v) is 4.42. The molecule has 0 radical (unpaired) electrons. The molecule has 1 aromatic carbocycles. The molecule has 6 heteroatoms. The van der Waals surface area contributed by atoms with E-state index in [2.05, 4.69) is 14.9 Å². The van der Waals surface area contributed by atoms with E-state index in [9.17, 15) is 4.79 Å². The summed E-state index contributed by atoms with van der Waals surface area (Å²) in [6.07, 6.45) is 0.766. The monoisotopic (exact) mass is 323 g/mol. The Morgan fingerprint density at radius 1 is 1.33 bits per heavy atom. The van der Waals surface area contributed by atoms with Crippen LogP contribution in [0.2, 0.25) is 10.0 Å². The molecule has 0 atom stereocenters. The zero-order chi connectivity index (χ0) is 15.0. The predicted octanol–water partition coefficient (Wildman–Crippen LogP) is 2.94. The molecule has 0 fully saturated rings. The van der Waals surface area contributed by atoms with Crippen LogP contribution in [0.4, 0.5) is 0 Å². The average molecular weight is 324 g/mol. The zero-order valence-electron chi connectivity index (χ0n) is 11.6. The van der Waals surface area contributed by atoms with Crippen molar-refractivity contribution in [2.75, 3.05) is 6.54 Å². The lowest BCUT2D eigenvalue weighted by Gasteiger charge is -2.28. The number of rotatable bonds is 2. The highest BCUT2D eigenvalue weighted by molar-refractivity contribution is 6.35. The van der Waals surface area contributed by atoms with Gasteiger partial charge in [-0.1, -0.05) is 29.3 Å². The molecule has 21 heavy (non-hydrogen) atoms. The molecule has 2 heterocycles. The van der Waals surface area contributed by atoms with E-state index in [0.29, 0.717) is 29.0 Å². The number of H-pyrrole nitrogens is 1. The Bertz CT molecular complexity index is 722. The van der Waals surface area contributed by atoms with Gasteiger partial charge in [-0.2, -0.15) is 0 Å². The summed E-state index contributed by atoms with van der Waals surface area (Å²) in [7, 11) is 0. The van der Waals surface area contributed by atoms with Crippen LogP contribution < -0.4 is 5.56 Å². The lowest BCUT2D eigenvalue weighted by atomic mass is 10.1. The molecule has 1 aliphatic rings. The molecule has 1 N–H and O–H groups in total. The fraction of sp³-hybridized carbons (Fsp3) is 0.333. The van der Waals surface area contributed by atoms with E-state index in [0.717, 1.165) is 29.8 Å². The highest BCUT2D eigenvalue weighted by Crippen LogP contribution is 2.27. The number of hydrogen-bond acceptors (Lipinski definition) is 3. The number of aromatic nitrogens is 2. The Labute approximate surface area is 132 Å². The maximum Gasteiger partial charge on any atom is 0.255 e. The van der Waals surface area contributed by atoms with Crippen LogP contribution >= 0.6 is 23.2 Å². The minimum Gasteiger partial charge on any atom is -0.310 e. The second-order valence-electron chi connectivity index (χ2n) is 5.24. The smallest absolute Gasteiger partial charge is 0.255 e. The fourth-order valence-electron chi connectivity index (χ4n) is 2.65. The molecular weight excluding hydrogens is 309 g/mol. The van der Waals surface area contributed by atoms with Gasteiger partial charge >= 0.3 is 0 Å². The van der Waals surface area contributed by atoms with Gasteiger partial charge < -0.3 is 4.98 Å². The number of aromatic amines is 1. The second-order valence-corrected chi connectivity index (χ2v) is 6.05. The van der Waals surface area contributed by atoms with Gasteiger partial charge in [-0.15, -0.1) is 0 Å². The first-order chi connectivity index (χ1) is 10.0. The van der Waals surface area contributed by atoms with E-state index < -0.39 is 0 Å². The molecule has 1 aromatic heterocycles. The molecule has 0 spiro atoms. The van der Waals surface area contributed by atoms with Crippen molar-refractivity contribution >= 4 is 23.2 Å². The zero-order valence-corrected chi connectivity index (χ0v) is 13.1. The highest BCUT2D eigenvalue weighted by Gasteiger charge is 2.21. The lowest BCUT2D eigenvalue weighted by molar-refractivity contribution is 0.241. The van der Waals surface area contributed by atoms with Gasteiger partial charge in [-0.3, -0.25) is 9.69 Å². The molecule has 0 saturated heterocycles. The lowest BCUT2D eigenvalue weighted by Crippen LogP contribution is -2.35. The second kappa shape index (κ2) is 5.79. The van der Waals surface area contributed by atoms with Crippen LogP contribution in [0.1, 0.15) is 22.6 Å². The van der Waals surface area contributed by atoms with Gasteiger partial charge in [0.2, 0.25) is 0 Å². The van der Waals surface area contributed by atoms with E-state index in [1.165, 1.54) is 0 Å². The van der Waals surface area contributed by atoms with Crippen LogP contribution in [0.15, 0.2) is 23.0 Å². The quantitative estimate of drug-likeness (QED) is 0.924. The molecule has 0 unspecified atom stereocenters. The fourth-order valence-corrected chi connectivity index (χ4v) is 3.16. The molecule has 2 aromatic rings. The van der Waals surface area contributed by atoms with Gasteiger partial charge in [0.15, 0.2) is 0 Å². The van der Waals surface area contributed by atoms with Gasteiger partial charge in [0.25, 0.3) is 5.56 Å². The standard InChI is InChI=1S/C15H15Cl2N3O/c1-9-18-14-5-6-20(8-11(14)15(21)19-9)7-10-12(16)3-2-4-13(10)17/h2-4H,5-8H2,1H3,(H,18,19,21). The minimum atomic E-state index is -0.0487. The number of aryl methyl sites for hydroxylation is 1. The Balaban J connectivity index is 1.86. The van der Waals surface area contributed by atoms with Gasteiger partial charge in [-0.25, -0.2) is 4.98 Å². The van der Waals surface area contributed by atoms with Gasteiger partial charge in [-0.05, 0) is 19.1 Å². The van der Waals surface area contributed by atoms with Crippen molar-refractivity contribution in [3.8, 4) is 0 Å². The summed E-state index contributed by atoms with van der Waals surface area (Å²) in [6.45, 7) is 3.84. The Kier molecular flexibility index (Phi) is 4.02. The molecule has 0 bridgehead atoms. The van der Waals surface area contributed by atoms with Crippen molar-refractivity contribution < 1.29 is 0 Å². The molecular formula is C15H15Cl2N3O. The molecule has 0 amide bonds. The average Bonchev–Trinajstić information content (AvgIpc) is 2.43. The van der Waals surface area contributed by atoms with Crippen LogP contribution in [0.5, 0.6) is 0 Å². The topological polar surface area (TPSA) is 49.0 Å². The molecule has 1 aliphatic heterocycles. The van der Waals surface area contributed by atoms with Crippen LogP contribution in [0, 0.1) is 6.92 Å². The van der Waals surface area contributed by atoms with Crippen LogP contribution in [0.3, 0.4) is 0 Å². The SMILES string of the molecule is Cc1nc2c(c(=O)[nH]1)CN(Cc1c(Cl)cccc1Cl)CC2. The van der Waals surface area contributed by atoms with Crippen molar-refractivity contribution in [2.24, 2.45) is 0 Å². The minimum absolute atomic E-state index is 0.0487. The molecule has 110 valence electrons. The number of fused-ring (bicyclic) bond motifs is 1. The third kappa shape index (κ3) is 2.98. The maximum atomic E-state index is 12.0. The molecule has 0 aliphatic carbocycles. The first-order valence-corrected chi connectivity index (χ1v) is 7.54. The van der Waals surface area contributed by atoms with Crippen molar-refractivity contribution in [3.63, 3.8) is 0 Å². The number of nitrogens with one attached hydrogen (secondary N) is 1. The van der Waals surface area contributed by atoms with Crippen molar-refractivity contribution in [1.82, 2.24) is 14.9 Å². The van der Waals surface area contributed by atoms with E-state index in [-0.39, 0.29) is 5.56 Å². The van der Waals surface area contributed by atoms with Crippen molar-refractivity contribution in [3.05, 3.63) is 61.2 Å². The number of nitrogens with zero attached hydrogens (tertiary/aromatic N) is 2. The summed E-state index contributed by atoms with van der Waals surface area (Å²) in [5.74, 6) is 0.668. The molecule has 0 saturated carbocycles. The van der Waals surface area contributed by atoms with E-state index in [1.807, 2.05) is 18.2 Å². The van der Waals surface area contributed by atoms with Crippen molar-refractivity contribution in [2.45, 2.75) is 26.4 Å². The molecule has 4 nitrogen and oxygen atoms in total. The van der Waals surface area contributed by atoms with Crippen LogP contribution in [0.25, 0.3) is 0 Å². The number of benzene rings is 1. The predicted molar refractivity (Wildman–Crippen MR) is 83.9 cm³/mol. The van der Waals surface area contributed by atoms with E-state index in [4.69, 9.17) is 23.2 Å². The normalized spacial score (nSPS) is 15.0. The first kappa shape index (κ1) is 14.6. The van der Waals surface area contributed by atoms with Crippen LogP contribution in [-0.4, -0.2) is 21.4 Å². The summed E-state index contributed by atoms with van der Waals surface area (Å²) in [5, 5.41) is 1.31. The Morgan fingerprint density at radius 3 is 2.76 bits per heavy atom. The van der Waals surface area contributed by atoms with Crippen molar-refractivity contribution in [1.29, 1.82) is 0 Å². The Hall–Kier alpha value is -1.36. The van der Waals surface area contributed by atoms with Gasteiger partial charge in [0.05, 0.1) is 11.3 Å². The largest absolute Gasteiger partial charge is 0.310 e. The summed E-state index contributed by atoms with van der Waals surface area (Å²) in [6, 6.07) is 5.49. The summed E-state index contributed by atoms with van der Waals surface area (Å²) >= 11 is 12.4. The summed E-state index contributed by atoms with van der Waals surface area (Å²) in [5.41, 5.74) is 2.50. The summed E-state index contributed by atoms with van der Waals surface area (Å²) < 4.78 is 0. The van der Waals surface area contributed by atoms with E-state index >= 15 is 0 Å². The van der Waals surface area contributed by atoms with Gasteiger partial charge in [0, 0.05) is 41.7 Å². The van der Waals surface area contributed by atoms with Gasteiger partial charge in [0.1, 0.15) is 5.82 Å². The van der Waals surface area contributed by atoms with Crippen LogP contribution in [-0.2, 0) is 19.5 Å².